The first-order valence-corrected chi connectivity index (χ1v) is 4.15. The smallest absolute Gasteiger partial charge is 0.154 e. The summed E-state index contributed by atoms with van der Waals surface area (Å²) in [5, 5.41) is 17.7. The van der Waals surface area contributed by atoms with Gasteiger partial charge in [0.1, 0.15) is 0 Å². The first-order valence-electron chi connectivity index (χ1n) is 4.15. The average Bonchev–Trinajstić information content (AvgIpc) is 2.05. The lowest BCUT2D eigenvalue weighted by molar-refractivity contribution is -0.112. The Morgan fingerprint density at radius 3 is 2.64 bits per heavy atom. The van der Waals surface area contributed by atoms with Gasteiger partial charge in [0, 0.05) is 19.1 Å². The van der Waals surface area contributed by atoms with E-state index in [-0.39, 0.29) is 5.92 Å². The van der Waals surface area contributed by atoms with Crippen molar-refractivity contribution in [2.75, 3.05) is 13.2 Å². The van der Waals surface area contributed by atoms with E-state index in [1.165, 1.54) is 0 Å². The number of aliphatic hydroxyl groups is 2. The summed E-state index contributed by atoms with van der Waals surface area (Å²) in [5.41, 5.74) is 0. The van der Waals surface area contributed by atoms with Crippen LogP contribution >= 0.6 is 0 Å². The van der Waals surface area contributed by atoms with E-state index < -0.39 is 6.29 Å². The average molecular weight is 160 g/mol. The molecule has 1 aliphatic heterocycles. The molecule has 2 N–H and O–H groups in total. The summed E-state index contributed by atoms with van der Waals surface area (Å²) in [4.78, 5) is 0. The molecule has 1 fully saturated rings. The van der Waals surface area contributed by atoms with E-state index in [9.17, 15) is 0 Å². The van der Waals surface area contributed by atoms with E-state index in [1.807, 2.05) is 6.92 Å². The molecule has 0 bridgehead atoms. The third-order valence-corrected chi connectivity index (χ3v) is 2.41. The molecule has 0 radical (unpaired) electrons. The van der Waals surface area contributed by atoms with Crippen LogP contribution < -0.4 is 0 Å². The summed E-state index contributed by atoms with van der Waals surface area (Å²) < 4.78 is 5.23. The van der Waals surface area contributed by atoms with Crippen molar-refractivity contribution in [3.05, 3.63) is 0 Å². The van der Waals surface area contributed by atoms with Gasteiger partial charge >= 0.3 is 0 Å². The highest BCUT2D eigenvalue weighted by atomic mass is 16.5. The fourth-order valence-corrected chi connectivity index (χ4v) is 1.42. The van der Waals surface area contributed by atoms with Gasteiger partial charge in [-0.1, -0.05) is 6.92 Å². The minimum atomic E-state index is -1.19. The Labute approximate surface area is 67.0 Å². The Kier molecular flexibility index (Phi) is 3.30. The van der Waals surface area contributed by atoms with E-state index in [4.69, 9.17) is 14.9 Å². The molecule has 0 spiro atoms. The van der Waals surface area contributed by atoms with Crippen LogP contribution in [0.25, 0.3) is 0 Å². The van der Waals surface area contributed by atoms with Crippen LogP contribution in [0.1, 0.15) is 19.8 Å². The number of aliphatic hydroxyl groups excluding tert-OH is 1. The Bertz CT molecular complexity index is 108. The lowest BCUT2D eigenvalue weighted by atomic mass is 9.89. The normalized spacial score (nSPS) is 28.9. The minimum Gasteiger partial charge on any atom is -0.381 e. The van der Waals surface area contributed by atoms with Gasteiger partial charge < -0.3 is 14.9 Å². The van der Waals surface area contributed by atoms with Crippen molar-refractivity contribution in [2.24, 2.45) is 11.8 Å². The Balaban J connectivity index is 2.32. The molecule has 3 heteroatoms. The number of hydrogen-bond acceptors (Lipinski definition) is 3. The second-order valence-electron chi connectivity index (χ2n) is 3.25. The fraction of sp³-hybridized carbons (Fsp3) is 1.00. The summed E-state index contributed by atoms with van der Waals surface area (Å²) in [6.45, 7) is 3.35. The number of ether oxygens (including phenoxy) is 1. The fourth-order valence-electron chi connectivity index (χ4n) is 1.42. The van der Waals surface area contributed by atoms with Crippen LogP contribution in [-0.2, 0) is 4.74 Å². The van der Waals surface area contributed by atoms with Crippen molar-refractivity contribution in [1.29, 1.82) is 0 Å². The Hall–Kier alpha value is -0.120. The molecule has 0 saturated carbocycles. The highest BCUT2D eigenvalue weighted by Gasteiger charge is 2.24. The largest absolute Gasteiger partial charge is 0.381 e. The molecule has 0 aliphatic carbocycles. The molecule has 2 atom stereocenters. The van der Waals surface area contributed by atoms with Gasteiger partial charge in [-0.3, -0.25) is 0 Å². The van der Waals surface area contributed by atoms with Crippen LogP contribution in [0.4, 0.5) is 0 Å². The highest BCUT2D eigenvalue weighted by molar-refractivity contribution is 4.70. The van der Waals surface area contributed by atoms with Gasteiger partial charge in [-0.25, -0.2) is 0 Å². The predicted octanol–water partition coefficient (Wildman–Crippen LogP) is 0.360. The molecule has 1 heterocycles. The summed E-state index contributed by atoms with van der Waals surface area (Å²) >= 11 is 0. The quantitative estimate of drug-likeness (QED) is 0.573. The molecule has 1 aliphatic rings. The Morgan fingerprint density at radius 1 is 1.45 bits per heavy atom. The first kappa shape index (κ1) is 8.97. The lowest BCUT2D eigenvalue weighted by Gasteiger charge is -2.28. The SMILES string of the molecule is CC(C(O)O)C1CCCOC1. The zero-order chi connectivity index (χ0) is 8.27. The zero-order valence-electron chi connectivity index (χ0n) is 6.86. The Morgan fingerprint density at radius 2 is 2.18 bits per heavy atom. The van der Waals surface area contributed by atoms with Crippen molar-refractivity contribution in [1.82, 2.24) is 0 Å². The monoisotopic (exact) mass is 160 g/mol. The summed E-state index contributed by atoms with van der Waals surface area (Å²) in [5.74, 6) is 0.263. The predicted molar refractivity (Wildman–Crippen MR) is 40.9 cm³/mol. The summed E-state index contributed by atoms with van der Waals surface area (Å²) in [6, 6.07) is 0. The second-order valence-corrected chi connectivity index (χ2v) is 3.25. The van der Waals surface area contributed by atoms with Crippen molar-refractivity contribution >= 4 is 0 Å². The van der Waals surface area contributed by atoms with Gasteiger partial charge in [0.2, 0.25) is 0 Å². The third-order valence-electron chi connectivity index (χ3n) is 2.41. The molecule has 0 aromatic heterocycles. The van der Waals surface area contributed by atoms with Crippen LogP contribution in [0, 0.1) is 11.8 Å². The molecule has 11 heavy (non-hydrogen) atoms. The van der Waals surface area contributed by atoms with Gasteiger partial charge in [-0.15, -0.1) is 0 Å². The van der Waals surface area contributed by atoms with Crippen molar-refractivity contribution < 1.29 is 14.9 Å². The molecule has 0 aromatic carbocycles. The van der Waals surface area contributed by atoms with E-state index in [0.29, 0.717) is 12.5 Å². The minimum absolute atomic E-state index is 0.0599. The zero-order valence-corrected chi connectivity index (χ0v) is 6.86. The molecule has 0 aromatic rings. The van der Waals surface area contributed by atoms with Crippen LogP contribution in [0.3, 0.4) is 0 Å². The molecular weight excluding hydrogens is 144 g/mol. The second kappa shape index (κ2) is 4.04. The standard InChI is InChI=1S/C8H16O3/c1-6(8(9)10)7-3-2-4-11-5-7/h6-10H,2-5H2,1H3. The van der Waals surface area contributed by atoms with Crippen molar-refractivity contribution in [3.8, 4) is 0 Å². The van der Waals surface area contributed by atoms with Crippen LogP contribution in [-0.4, -0.2) is 29.7 Å². The maximum atomic E-state index is 8.87. The van der Waals surface area contributed by atoms with E-state index in [1.54, 1.807) is 0 Å². The molecule has 2 unspecified atom stereocenters. The van der Waals surface area contributed by atoms with Gasteiger partial charge in [-0.2, -0.15) is 0 Å². The van der Waals surface area contributed by atoms with E-state index in [0.717, 1.165) is 19.4 Å². The maximum absolute atomic E-state index is 8.87. The van der Waals surface area contributed by atoms with Gasteiger partial charge in [-0.05, 0) is 18.8 Å². The van der Waals surface area contributed by atoms with Crippen LogP contribution in [0.5, 0.6) is 0 Å². The number of hydrogen-bond donors (Lipinski definition) is 2. The molecule has 3 nitrogen and oxygen atoms in total. The molecular formula is C8H16O3. The van der Waals surface area contributed by atoms with Crippen molar-refractivity contribution in [2.45, 2.75) is 26.1 Å². The van der Waals surface area contributed by atoms with E-state index in [2.05, 4.69) is 0 Å². The summed E-state index contributed by atoms with van der Waals surface area (Å²) in [6.07, 6.45) is 0.905. The van der Waals surface area contributed by atoms with Crippen LogP contribution in [0.15, 0.2) is 0 Å². The highest BCUT2D eigenvalue weighted by Crippen LogP contribution is 2.23. The van der Waals surface area contributed by atoms with Crippen LogP contribution in [0.2, 0.25) is 0 Å². The topological polar surface area (TPSA) is 49.7 Å². The molecule has 66 valence electrons. The molecule has 0 amide bonds. The first-order chi connectivity index (χ1) is 5.22. The van der Waals surface area contributed by atoms with E-state index >= 15 is 0 Å². The van der Waals surface area contributed by atoms with Gasteiger partial charge in [0.15, 0.2) is 6.29 Å². The number of rotatable bonds is 2. The van der Waals surface area contributed by atoms with Crippen molar-refractivity contribution in [3.63, 3.8) is 0 Å². The lowest BCUT2D eigenvalue weighted by Crippen LogP contribution is -2.31. The van der Waals surface area contributed by atoms with Gasteiger partial charge in [0.25, 0.3) is 0 Å². The van der Waals surface area contributed by atoms with Gasteiger partial charge in [0.05, 0.1) is 0 Å². The molecule has 1 rings (SSSR count). The third kappa shape index (κ3) is 2.43. The maximum Gasteiger partial charge on any atom is 0.154 e. The summed E-state index contributed by atoms with van der Waals surface area (Å²) in [7, 11) is 0. The molecule has 1 saturated heterocycles.